The van der Waals surface area contributed by atoms with Crippen LogP contribution in [0.15, 0.2) is 43.2 Å². The number of benzene rings is 1. The molecule has 0 saturated heterocycles. The molecule has 2 N–H and O–H groups in total. The van der Waals surface area contributed by atoms with Crippen LogP contribution in [0.3, 0.4) is 0 Å². The van der Waals surface area contributed by atoms with Crippen molar-refractivity contribution in [1.82, 2.24) is 35.0 Å². The van der Waals surface area contributed by atoms with Gasteiger partial charge in [-0.25, -0.2) is 19.3 Å². The smallest absolute Gasteiger partial charge is 0.272 e. The van der Waals surface area contributed by atoms with Crippen LogP contribution in [-0.4, -0.2) is 35.6 Å². The fourth-order valence-electron chi connectivity index (χ4n) is 2.69. The number of nitrogens with zero attached hydrogens (tertiary/aromatic N) is 5. The van der Waals surface area contributed by atoms with Gasteiger partial charge in [0.15, 0.2) is 11.3 Å². The molecule has 26 heavy (non-hydrogen) atoms. The van der Waals surface area contributed by atoms with Crippen LogP contribution >= 0.6 is 0 Å². The molecule has 9 heteroatoms. The number of aryl methyl sites for hydroxylation is 1. The largest absolute Gasteiger partial charge is 0.347 e. The van der Waals surface area contributed by atoms with E-state index in [9.17, 15) is 9.18 Å². The van der Waals surface area contributed by atoms with Crippen LogP contribution in [0, 0.1) is 5.82 Å². The third-order valence-corrected chi connectivity index (χ3v) is 3.89. The van der Waals surface area contributed by atoms with E-state index in [1.54, 1.807) is 24.1 Å². The van der Waals surface area contributed by atoms with Crippen LogP contribution in [0.1, 0.15) is 16.1 Å². The summed E-state index contributed by atoms with van der Waals surface area (Å²) in [5.41, 5.74) is 3.19. The van der Waals surface area contributed by atoms with Crippen molar-refractivity contribution in [1.29, 1.82) is 0 Å². The number of rotatable bonds is 4. The molecule has 1 amide bonds. The van der Waals surface area contributed by atoms with Crippen molar-refractivity contribution in [3.05, 3.63) is 60.3 Å². The van der Waals surface area contributed by atoms with Gasteiger partial charge in [0.2, 0.25) is 0 Å². The summed E-state index contributed by atoms with van der Waals surface area (Å²) in [7, 11) is 1.79. The molecule has 0 spiro atoms. The minimum absolute atomic E-state index is 0.156. The molecule has 4 rings (SSSR count). The van der Waals surface area contributed by atoms with Gasteiger partial charge in [0.1, 0.15) is 17.7 Å². The lowest BCUT2D eigenvalue weighted by Crippen LogP contribution is -2.24. The van der Waals surface area contributed by atoms with Gasteiger partial charge in [-0.05, 0) is 29.3 Å². The lowest BCUT2D eigenvalue weighted by Gasteiger charge is -2.07. The highest BCUT2D eigenvalue weighted by molar-refractivity contribution is 6.01. The van der Waals surface area contributed by atoms with E-state index in [1.165, 1.54) is 24.8 Å². The number of aromatic amines is 1. The van der Waals surface area contributed by atoms with E-state index < -0.39 is 5.91 Å². The van der Waals surface area contributed by atoms with Crippen LogP contribution in [-0.2, 0) is 13.6 Å². The van der Waals surface area contributed by atoms with E-state index in [0.29, 0.717) is 22.3 Å². The van der Waals surface area contributed by atoms with Crippen LogP contribution < -0.4 is 5.32 Å². The molecule has 8 nitrogen and oxygen atoms in total. The highest BCUT2D eigenvalue weighted by Crippen LogP contribution is 2.21. The predicted octanol–water partition coefficient (Wildman–Crippen LogP) is 1.82. The van der Waals surface area contributed by atoms with E-state index >= 15 is 0 Å². The van der Waals surface area contributed by atoms with Crippen LogP contribution in [0.5, 0.6) is 0 Å². The molecule has 130 valence electrons. The van der Waals surface area contributed by atoms with E-state index in [4.69, 9.17) is 0 Å². The number of fused-ring (bicyclic) bond motifs is 1. The van der Waals surface area contributed by atoms with Crippen LogP contribution in [0.25, 0.3) is 22.3 Å². The third-order valence-electron chi connectivity index (χ3n) is 3.89. The van der Waals surface area contributed by atoms with Crippen molar-refractivity contribution in [2.45, 2.75) is 6.54 Å². The molecule has 4 aromatic rings. The zero-order valence-electron chi connectivity index (χ0n) is 13.8. The number of hydrogen-bond donors (Lipinski definition) is 2. The Bertz CT molecular complexity index is 1100. The monoisotopic (exact) mass is 351 g/mol. The van der Waals surface area contributed by atoms with Gasteiger partial charge in [0.05, 0.1) is 12.5 Å². The second-order valence-corrected chi connectivity index (χ2v) is 5.76. The summed E-state index contributed by atoms with van der Waals surface area (Å²) in [5, 5.41) is 6.83. The van der Waals surface area contributed by atoms with Gasteiger partial charge in [-0.1, -0.05) is 0 Å². The normalized spacial score (nSPS) is 11.0. The Hall–Kier alpha value is -3.62. The molecule has 0 bridgehead atoms. The fraction of sp³-hybridized carbons (Fsp3) is 0.118. The lowest BCUT2D eigenvalue weighted by atomic mass is 10.1. The first-order chi connectivity index (χ1) is 12.6. The number of amides is 1. The Labute approximate surface area is 147 Å². The van der Waals surface area contributed by atoms with Crippen molar-refractivity contribution in [2.24, 2.45) is 7.05 Å². The Morgan fingerprint density at radius 2 is 2.12 bits per heavy atom. The Kier molecular flexibility index (Phi) is 3.88. The van der Waals surface area contributed by atoms with Gasteiger partial charge in [-0.3, -0.25) is 9.48 Å². The fourth-order valence-corrected chi connectivity index (χ4v) is 2.69. The zero-order chi connectivity index (χ0) is 18.1. The number of halogens is 1. The van der Waals surface area contributed by atoms with E-state index in [2.05, 4.69) is 30.4 Å². The zero-order valence-corrected chi connectivity index (χ0v) is 13.8. The molecule has 0 saturated carbocycles. The summed E-state index contributed by atoms with van der Waals surface area (Å²) in [6.45, 7) is 0.156. The van der Waals surface area contributed by atoms with Crippen molar-refractivity contribution >= 4 is 17.1 Å². The van der Waals surface area contributed by atoms with Crippen molar-refractivity contribution in [3.63, 3.8) is 0 Å². The van der Waals surface area contributed by atoms with E-state index in [1.807, 2.05) is 6.07 Å². The number of H-pyrrole nitrogens is 1. The van der Waals surface area contributed by atoms with Gasteiger partial charge in [0, 0.05) is 25.4 Å². The molecule has 0 fully saturated rings. The van der Waals surface area contributed by atoms with Crippen molar-refractivity contribution in [3.8, 4) is 11.1 Å². The van der Waals surface area contributed by atoms with Gasteiger partial charge in [0.25, 0.3) is 5.91 Å². The average molecular weight is 351 g/mol. The van der Waals surface area contributed by atoms with Crippen LogP contribution in [0.2, 0.25) is 0 Å². The van der Waals surface area contributed by atoms with Gasteiger partial charge in [-0.15, -0.1) is 0 Å². The third kappa shape index (κ3) is 3.02. The highest BCUT2D eigenvalue weighted by atomic mass is 19.1. The molecular formula is C17H14FN7O. The molecule has 0 atom stereocenters. The second kappa shape index (κ2) is 6.36. The lowest BCUT2D eigenvalue weighted by molar-refractivity contribution is 0.0947. The van der Waals surface area contributed by atoms with Crippen molar-refractivity contribution < 1.29 is 9.18 Å². The summed E-state index contributed by atoms with van der Waals surface area (Å²) in [5.74, 6) is -0.776. The Morgan fingerprint density at radius 3 is 2.92 bits per heavy atom. The number of hydrogen-bond acceptors (Lipinski definition) is 5. The molecule has 0 radical (unpaired) electrons. The first-order valence-electron chi connectivity index (χ1n) is 7.81. The van der Waals surface area contributed by atoms with Gasteiger partial charge in [-0.2, -0.15) is 5.10 Å². The van der Waals surface area contributed by atoms with Gasteiger partial charge >= 0.3 is 0 Å². The van der Waals surface area contributed by atoms with Crippen molar-refractivity contribution in [2.75, 3.05) is 0 Å². The second-order valence-electron chi connectivity index (χ2n) is 5.76. The summed E-state index contributed by atoms with van der Waals surface area (Å²) in [6.07, 6.45) is 6.18. The standard InChI is InChI=1S/C17H14FN7O/c1-25-7-12(6-24-25)11-2-10(3-13(18)4-11)5-19-17(26)15-14-16(22-8-20-14)23-9-21-15/h2-4,6-9H,5H2,1H3,(H,19,26)(H,20,21,22,23). The first-order valence-corrected chi connectivity index (χ1v) is 7.81. The number of imidazole rings is 1. The molecule has 1 aromatic carbocycles. The maximum atomic E-state index is 14.0. The molecule has 0 aliphatic heterocycles. The molecule has 0 aliphatic carbocycles. The first kappa shape index (κ1) is 15.9. The summed E-state index contributed by atoms with van der Waals surface area (Å²) < 4.78 is 15.6. The SMILES string of the molecule is Cn1cc(-c2cc(F)cc(CNC(=O)c3ncnc4nc[nH]c34)c2)cn1. The molecule has 0 aliphatic rings. The summed E-state index contributed by atoms with van der Waals surface area (Å²) in [4.78, 5) is 27.2. The number of nitrogens with one attached hydrogen (secondary N) is 2. The minimum Gasteiger partial charge on any atom is -0.347 e. The summed E-state index contributed by atoms with van der Waals surface area (Å²) in [6, 6.07) is 4.62. The number of carbonyl (C=O) groups is 1. The predicted molar refractivity (Wildman–Crippen MR) is 91.5 cm³/mol. The van der Waals surface area contributed by atoms with E-state index in [-0.39, 0.29) is 18.1 Å². The van der Waals surface area contributed by atoms with E-state index in [0.717, 1.165) is 5.56 Å². The Morgan fingerprint density at radius 1 is 1.23 bits per heavy atom. The number of aromatic nitrogens is 6. The molecule has 3 aromatic heterocycles. The summed E-state index contributed by atoms with van der Waals surface area (Å²) >= 11 is 0. The molecular weight excluding hydrogens is 337 g/mol. The average Bonchev–Trinajstić information content (AvgIpc) is 3.27. The highest BCUT2D eigenvalue weighted by Gasteiger charge is 2.14. The van der Waals surface area contributed by atoms with Gasteiger partial charge < -0.3 is 10.3 Å². The number of carbonyl (C=O) groups excluding carboxylic acids is 1. The quantitative estimate of drug-likeness (QED) is 0.584. The van der Waals surface area contributed by atoms with Crippen LogP contribution in [0.4, 0.5) is 4.39 Å². The molecule has 3 heterocycles. The Balaban J connectivity index is 1.55. The molecule has 0 unspecified atom stereocenters. The topological polar surface area (TPSA) is 101 Å². The maximum absolute atomic E-state index is 14.0. The minimum atomic E-state index is -0.395. The maximum Gasteiger partial charge on any atom is 0.272 e.